The van der Waals surface area contributed by atoms with Crippen LogP contribution in [0, 0.1) is 11.3 Å². The molecule has 0 saturated carbocycles. The molecule has 0 saturated heterocycles. The molecule has 2 nitrogen and oxygen atoms in total. The zero-order chi connectivity index (χ0) is 12.1. The molecular weight excluding hydrogens is 278 g/mol. The van der Waals surface area contributed by atoms with Gasteiger partial charge in [-0.2, -0.15) is 5.26 Å². The van der Waals surface area contributed by atoms with Crippen molar-refractivity contribution < 1.29 is 4.74 Å². The van der Waals surface area contributed by atoms with Gasteiger partial charge in [0.2, 0.25) is 0 Å². The minimum absolute atomic E-state index is 0.380. The monoisotopic (exact) mass is 287 g/mol. The molecule has 2 aromatic carbocycles. The Morgan fingerprint density at radius 2 is 1.82 bits per heavy atom. The number of ether oxygens (including phenoxy) is 1. The van der Waals surface area contributed by atoms with Crippen LogP contribution in [0.4, 0.5) is 0 Å². The number of nitriles is 1. The maximum absolute atomic E-state index is 8.69. The molecule has 0 fully saturated rings. The highest BCUT2D eigenvalue weighted by atomic mass is 79.9. The van der Waals surface area contributed by atoms with E-state index in [2.05, 4.69) is 22.0 Å². The van der Waals surface area contributed by atoms with Crippen LogP contribution in [0.1, 0.15) is 5.56 Å². The van der Waals surface area contributed by atoms with Gasteiger partial charge in [0.05, 0.1) is 12.5 Å². The normalized spacial score (nSPS) is 9.65. The van der Waals surface area contributed by atoms with Gasteiger partial charge in [0.25, 0.3) is 0 Å². The van der Waals surface area contributed by atoms with Crippen LogP contribution in [0.3, 0.4) is 0 Å². The van der Waals surface area contributed by atoms with Gasteiger partial charge in [-0.05, 0) is 35.9 Å². The first-order valence-electron chi connectivity index (χ1n) is 5.17. The SMILES string of the molecule is N#CCc1cc(Br)cc(Oc2ccccc2)c1. The number of halogens is 1. The van der Waals surface area contributed by atoms with Gasteiger partial charge in [-0.1, -0.05) is 34.1 Å². The van der Waals surface area contributed by atoms with Gasteiger partial charge in [0, 0.05) is 4.47 Å². The molecule has 0 spiro atoms. The van der Waals surface area contributed by atoms with Gasteiger partial charge in [-0.3, -0.25) is 0 Å². The number of nitrogens with zero attached hydrogens (tertiary/aromatic N) is 1. The predicted molar refractivity (Wildman–Crippen MR) is 70.0 cm³/mol. The van der Waals surface area contributed by atoms with E-state index in [1.54, 1.807) is 0 Å². The van der Waals surface area contributed by atoms with E-state index in [0.29, 0.717) is 6.42 Å². The van der Waals surface area contributed by atoms with Crippen molar-refractivity contribution in [2.45, 2.75) is 6.42 Å². The van der Waals surface area contributed by atoms with Crippen molar-refractivity contribution in [1.82, 2.24) is 0 Å². The predicted octanol–water partition coefficient (Wildman–Crippen LogP) is 4.31. The Labute approximate surface area is 109 Å². The lowest BCUT2D eigenvalue weighted by atomic mass is 10.1. The molecule has 2 aromatic rings. The lowest BCUT2D eigenvalue weighted by Crippen LogP contribution is -1.87. The van der Waals surface area contributed by atoms with Crippen molar-refractivity contribution in [3.05, 3.63) is 58.6 Å². The van der Waals surface area contributed by atoms with E-state index in [0.717, 1.165) is 21.5 Å². The summed E-state index contributed by atoms with van der Waals surface area (Å²) in [5, 5.41) is 8.69. The first-order valence-corrected chi connectivity index (χ1v) is 5.96. The average Bonchev–Trinajstić information content (AvgIpc) is 2.30. The number of benzene rings is 2. The smallest absolute Gasteiger partial charge is 0.128 e. The summed E-state index contributed by atoms with van der Waals surface area (Å²) < 4.78 is 6.62. The summed E-state index contributed by atoms with van der Waals surface area (Å²) in [7, 11) is 0. The molecule has 84 valence electrons. The van der Waals surface area contributed by atoms with E-state index in [9.17, 15) is 0 Å². The first-order chi connectivity index (χ1) is 8.28. The standard InChI is InChI=1S/C14H10BrNO/c15-12-8-11(6-7-16)9-14(10-12)17-13-4-2-1-3-5-13/h1-5,8-10H,6H2. The van der Waals surface area contributed by atoms with Crippen molar-refractivity contribution in [2.75, 3.05) is 0 Å². The zero-order valence-electron chi connectivity index (χ0n) is 9.06. The number of rotatable bonds is 3. The highest BCUT2D eigenvalue weighted by Gasteiger charge is 2.01. The minimum atomic E-state index is 0.380. The summed E-state index contributed by atoms with van der Waals surface area (Å²) in [4.78, 5) is 0. The summed E-state index contributed by atoms with van der Waals surface area (Å²) >= 11 is 3.41. The second kappa shape index (κ2) is 5.51. The molecule has 0 N–H and O–H groups in total. The minimum Gasteiger partial charge on any atom is -0.457 e. The van der Waals surface area contributed by atoms with Crippen LogP contribution in [-0.4, -0.2) is 0 Å². The summed E-state index contributed by atoms with van der Waals surface area (Å²) in [5.41, 5.74) is 0.938. The summed E-state index contributed by atoms with van der Waals surface area (Å²) in [5.74, 6) is 1.52. The second-order valence-corrected chi connectivity index (χ2v) is 4.46. The Kier molecular flexibility index (Phi) is 3.79. The molecule has 0 amide bonds. The molecule has 0 aliphatic heterocycles. The van der Waals surface area contributed by atoms with E-state index in [-0.39, 0.29) is 0 Å². The summed E-state index contributed by atoms with van der Waals surface area (Å²) in [6.45, 7) is 0. The first kappa shape index (κ1) is 11.7. The van der Waals surface area contributed by atoms with Crippen molar-refractivity contribution in [3.8, 4) is 17.6 Å². The molecule has 0 bridgehead atoms. The zero-order valence-corrected chi connectivity index (χ0v) is 10.6. The maximum atomic E-state index is 8.69. The Hall–Kier alpha value is -1.79. The molecule has 0 atom stereocenters. The van der Waals surface area contributed by atoms with E-state index in [4.69, 9.17) is 10.00 Å². The number of hydrogen-bond acceptors (Lipinski definition) is 2. The van der Waals surface area contributed by atoms with Crippen molar-refractivity contribution in [3.63, 3.8) is 0 Å². The highest BCUT2D eigenvalue weighted by Crippen LogP contribution is 2.26. The van der Waals surface area contributed by atoms with Crippen LogP contribution in [0.5, 0.6) is 11.5 Å². The van der Waals surface area contributed by atoms with Crippen LogP contribution in [0.25, 0.3) is 0 Å². The summed E-state index contributed by atoms with van der Waals surface area (Å²) in [6.07, 6.45) is 0.380. The van der Waals surface area contributed by atoms with Crippen LogP contribution in [0.2, 0.25) is 0 Å². The Morgan fingerprint density at radius 3 is 2.53 bits per heavy atom. The second-order valence-electron chi connectivity index (χ2n) is 3.55. The van der Waals surface area contributed by atoms with Crippen molar-refractivity contribution in [2.24, 2.45) is 0 Å². The highest BCUT2D eigenvalue weighted by molar-refractivity contribution is 9.10. The molecule has 0 aromatic heterocycles. The van der Waals surface area contributed by atoms with Crippen molar-refractivity contribution >= 4 is 15.9 Å². The third-order valence-corrected chi connectivity index (χ3v) is 2.65. The summed E-state index contributed by atoms with van der Waals surface area (Å²) in [6, 6.07) is 17.4. The molecule has 0 radical (unpaired) electrons. The fourth-order valence-corrected chi connectivity index (χ4v) is 2.02. The van der Waals surface area contributed by atoms with E-state index < -0.39 is 0 Å². The molecule has 0 aliphatic carbocycles. The van der Waals surface area contributed by atoms with Crippen molar-refractivity contribution in [1.29, 1.82) is 5.26 Å². The molecule has 0 heterocycles. The third-order valence-electron chi connectivity index (χ3n) is 2.19. The Bertz CT molecular complexity index is 546. The molecule has 0 aliphatic rings. The maximum Gasteiger partial charge on any atom is 0.128 e. The van der Waals surface area contributed by atoms with E-state index >= 15 is 0 Å². The van der Waals surface area contributed by atoms with Crippen LogP contribution in [0.15, 0.2) is 53.0 Å². The fourth-order valence-electron chi connectivity index (χ4n) is 1.50. The molecule has 2 rings (SSSR count). The molecule has 0 unspecified atom stereocenters. The van der Waals surface area contributed by atoms with Crippen LogP contribution in [-0.2, 0) is 6.42 Å². The lowest BCUT2D eigenvalue weighted by molar-refractivity contribution is 0.482. The average molecular weight is 288 g/mol. The Morgan fingerprint density at radius 1 is 1.06 bits per heavy atom. The fraction of sp³-hybridized carbons (Fsp3) is 0.0714. The quantitative estimate of drug-likeness (QED) is 0.843. The van der Waals surface area contributed by atoms with Gasteiger partial charge >= 0.3 is 0 Å². The van der Waals surface area contributed by atoms with Gasteiger partial charge in [-0.25, -0.2) is 0 Å². The Balaban J connectivity index is 2.24. The van der Waals surface area contributed by atoms with E-state index in [1.165, 1.54) is 0 Å². The van der Waals surface area contributed by atoms with Gasteiger partial charge < -0.3 is 4.74 Å². The van der Waals surface area contributed by atoms with Crippen LogP contribution < -0.4 is 4.74 Å². The lowest BCUT2D eigenvalue weighted by Gasteiger charge is -2.07. The van der Waals surface area contributed by atoms with Crippen LogP contribution >= 0.6 is 15.9 Å². The molecule has 17 heavy (non-hydrogen) atoms. The largest absolute Gasteiger partial charge is 0.457 e. The number of hydrogen-bond donors (Lipinski definition) is 0. The molecular formula is C14H10BrNO. The van der Waals surface area contributed by atoms with Gasteiger partial charge in [0.1, 0.15) is 11.5 Å². The topological polar surface area (TPSA) is 33.0 Å². The third kappa shape index (κ3) is 3.33. The molecule has 3 heteroatoms. The van der Waals surface area contributed by atoms with E-state index in [1.807, 2.05) is 48.5 Å². The number of para-hydroxylation sites is 1. The van der Waals surface area contributed by atoms with Gasteiger partial charge in [-0.15, -0.1) is 0 Å². The van der Waals surface area contributed by atoms with Gasteiger partial charge in [0.15, 0.2) is 0 Å².